The summed E-state index contributed by atoms with van der Waals surface area (Å²) in [5, 5.41) is 4.48. The zero-order valence-corrected chi connectivity index (χ0v) is 13.0. The van der Waals surface area contributed by atoms with E-state index in [4.69, 9.17) is 0 Å². The normalized spacial score (nSPS) is 22.8. The first-order chi connectivity index (χ1) is 11.7. The van der Waals surface area contributed by atoms with Gasteiger partial charge in [-0.3, -0.25) is 9.78 Å². The van der Waals surface area contributed by atoms with Crippen molar-refractivity contribution in [1.82, 2.24) is 24.6 Å². The number of nitrogens with one attached hydrogen (secondary N) is 2. The van der Waals surface area contributed by atoms with Gasteiger partial charge in [0.05, 0.1) is 11.3 Å². The molecule has 2 fully saturated rings. The van der Waals surface area contributed by atoms with Crippen molar-refractivity contribution in [2.45, 2.75) is 31.6 Å². The monoisotopic (exact) mass is 323 g/mol. The number of nitrogens with zero attached hydrogens (tertiary/aromatic N) is 3. The minimum absolute atomic E-state index is 0.367. The van der Waals surface area contributed by atoms with Gasteiger partial charge < -0.3 is 4.98 Å². The minimum Gasteiger partial charge on any atom is -0.313 e. The van der Waals surface area contributed by atoms with Crippen LogP contribution in [-0.4, -0.2) is 24.6 Å². The molecule has 2 atom stereocenters. The number of aromatic amines is 2. The van der Waals surface area contributed by atoms with Crippen molar-refractivity contribution in [3.63, 3.8) is 0 Å². The van der Waals surface area contributed by atoms with E-state index in [1.165, 1.54) is 31.9 Å². The molecule has 0 bridgehead atoms. The van der Waals surface area contributed by atoms with Crippen LogP contribution in [0.2, 0.25) is 0 Å². The molecule has 0 aromatic carbocycles. The minimum atomic E-state index is -0.514. The van der Waals surface area contributed by atoms with E-state index in [0.717, 1.165) is 23.0 Å². The highest BCUT2D eigenvalue weighted by atomic mass is 16.2. The summed E-state index contributed by atoms with van der Waals surface area (Å²) in [7, 11) is 0. The van der Waals surface area contributed by atoms with Crippen molar-refractivity contribution in [2.24, 2.45) is 11.8 Å². The molecule has 3 aromatic rings. The van der Waals surface area contributed by atoms with E-state index in [1.54, 1.807) is 16.9 Å². The fourth-order valence-corrected chi connectivity index (χ4v) is 3.62. The molecule has 0 radical (unpaired) electrons. The maximum Gasteiger partial charge on any atom is 0.325 e. The maximum absolute atomic E-state index is 12.1. The van der Waals surface area contributed by atoms with E-state index in [9.17, 15) is 9.59 Å². The summed E-state index contributed by atoms with van der Waals surface area (Å²) in [6.07, 6.45) is 10.2. The van der Waals surface area contributed by atoms with Crippen LogP contribution < -0.4 is 11.2 Å². The quantitative estimate of drug-likeness (QED) is 0.763. The van der Waals surface area contributed by atoms with Crippen LogP contribution in [0.1, 0.15) is 37.2 Å². The van der Waals surface area contributed by atoms with E-state index in [0.29, 0.717) is 17.2 Å². The summed E-state index contributed by atoms with van der Waals surface area (Å²) in [4.78, 5) is 32.5. The number of imidazole rings is 1. The van der Waals surface area contributed by atoms with E-state index in [1.807, 2.05) is 6.07 Å². The third-order valence-electron chi connectivity index (χ3n) is 5.14. The van der Waals surface area contributed by atoms with E-state index in [2.05, 4.69) is 20.1 Å². The fraction of sp³-hybridized carbons (Fsp3) is 0.412. The Bertz CT molecular complexity index is 1040. The maximum atomic E-state index is 12.1. The van der Waals surface area contributed by atoms with Gasteiger partial charge in [-0.1, -0.05) is 12.8 Å². The molecule has 7 heteroatoms. The average molecular weight is 323 g/mol. The van der Waals surface area contributed by atoms with Gasteiger partial charge in [0, 0.05) is 24.2 Å². The first-order valence-electron chi connectivity index (χ1n) is 8.35. The number of aromatic nitrogens is 5. The molecule has 5 rings (SSSR count). The van der Waals surface area contributed by atoms with E-state index in [-0.39, 0.29) is 0 Å². The lowest BCUT2D eigenvalue weighted by Crippen LogP contribution is -2.23. The Morgan fingerprint density at radius 1 is 1.29 bits per heavy atom. The van der Waals surface area contributed by atoms with Crippen molar-refractivity contribution in [3.8, 4) is 11.3 Å². The second-order valence-electron chi connectivity index (χ2n) is 6.95. The van der Waals surface area contributed by atoms with Crippen LogP contribution in [0.25, 0.3) is 16.9 Å². The summed E-state index contributed by atoms with van der Waals surface area (Å²) in [5.74, 6) is 2.14. The van der Waals surface area contributed by atoms with Gasteiger partial charge in [-0.2, -0.15) is 5.10 Å². The molecule has 0 spiro atoms. The number of H-pyrrole nitrogens is 2. The molecule has 2 N–H and O–H groups in total. The Morgan fingerprint density at radius 2 is 2.17 bits per heavy atom. The van der Waals surface area contributed by atoms with Crippen LogP contribution in [0.5, 0.6) is 0 Å². The summed E-state index contributed by atoms with van der Waals surface area (Å²) in [6.45, 7) is 0. The highest BCUT2D eigenvalue weighted by Gasteiger charge is 2.43. The molecule has 0 amide bonds. The molecular formula is C17H17N5O2. The third-order valence-corrected chi connectivity index (χ3v) is 5.14. The van der Waals surface area contributed by atoms with Crippen LogP contribution >= 0.6 is 0 Å². The lowest BCUT2D eigenvalue weighted by atomic mass is 10.1. The second-order valence-corrected chi connectivity index (χ2v) is 6.95. The van der Waals surface area contributed by atoms with Gasteiger partial charge in [0.25, 0.3) is 5.56 Å². The molecule has 3 aromatic heterocycles. The summed E-state index contributed by atoms with van der Waals surface area (Å²) in [5.41, 5.74) is 2.00. The molecule has 0 saturated heterocycles. The first kappa shape index (κ1) is 13.7. The van der Waals surface area contributed by atoms with Gasteiger partial charge in [-0.15, -0.1) is 0 Å². The predicted molar refractivity (Wildman–Crippen MR) is 87.9 cm³/mol. The van der Waals surface area contributed by atoms with Crippen molar-refractivity contribution in [2.75, 3.05) is 0 Å². The SMILES string of the molecule is O=c1[nH]cc(-c2cc(C3CC3CC3CC3)c3nccn3n2)c(=O)[nH]1. The van der Waals surface area contributed by atoms with Crippen LogP contribution in [0.4, 0.5) is 0 Å². The number of hydrogen-bond acceptors (Lipinski definition) is 4. The molecule has 2 aliphatic carbocycles. The smallest absolute Gasteiger partial charge is 0.313 e. The number of hydrogen-bond donors (Lipinski definition) is 2. The van der Waals surface area contributed by atoms with Crippen molar-refractivity contribution in [1.29, 1.82) is 0 Å². The van der Waals surface area contributed by atoms with Crippen molar-refractivity contribution >= 4 is 5.65 Å². The standard InChI is InChI=1S/C17H17N5O2/c23-16-13(8-19-17(24)20-16)14-7-12(15-18-3-4-22(15)21-14)11-6-10(11)5-9-1-2-9/h3-4,7-11H,1-2,5-6H2,(H2,19,20,23,24). The second kappa shape index (κ2) is 4.90. The fourth-order valence-electron chi connectivity index (χ4n) is 3.62. The molecule has 7 nitrogen and oxygen atoms in total. The molecular weight excluding hydrogens is 306 g/mol. The van der Waals surface area contributed by atoms with Gasteiger partial charge in [0.1, 0.15) is 0 Å². The highest BCUT2D eigenvalue weighted by Crippen LogP contribution is 2.55. The van der Waals surface area contributed by atoms with Crippen LogP contribution in [0, 0.1) is 11.8 Å². The third kappa shape index (κ3) is 2.28. The Morgan fingerprint density at radius 3 is 2.96 bits per heavy atom. The van der Waals surface area contributed by atoms with Gasteiger partial charge in [-0.25, -0.2) is 14.3 Å². The highest BCUT2D eigenvalue weighted by molar-refractivity contribution is 5.62. The van der Waals surface area contributed by atoms with Crippen LogP contribution in [0.3, 0.4) is 0 Å². The van der Waals surface area contributed by atoms with Crippen LogP contribution in [0.15, 0.2) is 34.2 Å². The topological polar surface area (TPSA) is 95.9 Å². The zero-order chi connectivity index (χ0) is 16.3. The summed E-state index contributed by atoms with van der Waals surface area (Å²) in [6, 6.07) is 1.96. The van der Waals surface area contributed by atoms with Gasteiger partial charge in [0.15, 0.2) is 5.65 Å². The van der Waals surface area contributed by atoms with Crippen LogP contribution in [-0.2, 0) is 0 Å². The number of rotatable bonds is 4. The largest absolute Gasteiger partial charge is 0.325 e. The van der Waals surface area contributed by atoms with E-state index < -0.39 is 11.2 Å². The molecule has 24 heavy (non-hydrogen) atoms. The lowest BCUT2D eigenvalue weighted by Gasteiger charge is -2.07. The van der Waals surface area contributed by atoms with E-state index >= 15 is 0 Å². The van der Waals surface area contributed by atoms with Gasteiger partial charge in [-0.05, 0) is 36.7 Å². The Balaban J connectivity index is 1.60. The number of fused-ring (bicyclic) bond motifs is 1. The molecule has 2 saturated carbocycles. The Hall–Kier alpha value is -2.70. The average Bonchev–Trinajstić information content (AvgIpc) is 3.47. The van der Waals surface area contributed by atoms with Crippen molar-refractivity contribution in [3.05, 3.63) is 51.1 Å². The van der Waals surface area contributed by atoms with Gasteiger partial charge >= 0.3 is 5.69 Å². The van der Waals surface area contributed by atoms with Crippen molar-refractivity contribution < 1.29 is 0 Å². The summed E-state index contributed by atoms with van der Waals surface area (Å²) >= 11 is 0. The first-order valence-corrected chi connectivity index (χ1v) is 8.35. The molecule has 3 heterocycles. The molecule has 0 aliphatic heterocycles. The Labute approximate surface area is 136 Å². The predicted octanol–water partition coefficient (Wildman–Crippen LogP) is 1.68. The summed E-state index contributed by atoms with van der Waals surface area (Å²) < 4.78 is 1.72. The lowest BCUT2D eigenvalue weighted by molar-refractivity contribution is 0.636. The molecule has 2 unspecified atom stereocenters. The van der Waals surface area contributed by atoms with Gasteiger partial charge in [0.2, 0.25) is 0 Å². The Kier molecular flexibility index (Phi) is 2.80. The zero-order valence-electron chi connectivity index (χ0n) is 13.0. The molecule has 2 aliphatic rings. The molecule has 122 valence electrons.